The fraction of sp³-hybridized carbons (Fsp3) is 0.333. The van der Waals surface area contributed by atoms with Gasteiger partial charge in [-0.25, -0.2) is 0 Å². The highest BCUT2D eigenvalue weighted by Crippen LogP contribution is 2.21. The van der Waals surface area contributed by atoms with E-state index in [1.54, 1.807) is 10.9 Å². The summed E-state index contributed by atoms with van der Waals surface area (Å²) in [7, 11) is 1.89. The molecule has 0 N–H and O–H groups in total. The molecular formula is C24H29N5O. The molecule has 6 nitrogen and oxygen atoms in total. The standard InChI is InChI=1S/C24H29N5O/c1-19-11-12-20(2)29(19)23-22(18-25-26(23)3)24(30)28-16-14-27(15-17-28)13-7-10-21-8-5-4-6-9-21/h4-12,18H,13-17H2,1-3H3/b10-7+. The van der Waals surface area contributed by atoms with Crippen LogP contribution in [-0.4, -0.2) is 62.8 Å². The number of rotatable bonds is 5. The van der Waals surface area contributed by atoms with E-state index in [-0.39, 0.29) is 5.91 Å². The second-order valence-corrected chi connectivity index (χ2v) is 7.86. The van der Waals surface area contributed by atoms with Gasteiger partial charge in [0.05, 0.1) is 6.20 Å². The number of hydrogen-bond acceptors (Lipinski definition) is 3. The minimum absolute atomic E-state index is 0.0603. The number of aromatic nitrogens is 3. The number of amides is 1. The van der Waals surface area contributed by atoms with Gasteiger partial charge in [-0.3, -0.25) is 14.4 Å². The Morgan fingerprint density at radius 1 is 1.00 bits per heavy atom. The second kappa shape index (κ2) is 8.71. The van der Waals surface area contributed by atoms with Crippen molar-refractivity contribution in [2.75, 3.05) is 32.7 Å². The van der Waals surface area contributed by atoms with Gasteiger partial charge < -0.3 is 9.47 Å². The first-order valence-corrected chi connectivity index (χ1v) is 10.4. The minimum atomic E-state index is 0.0603. The number of benzene rings is 1. The van der Waals surface area contributed by atoms with Crippen LogP contribution in [-0.2, 0) is 7.05 Å². The Hall–Kier alpha value is -3.12. The number of carbonyl (C=O) groups excluding carboxylic acids is 1. The summed E-state index contributed by atoms with van der Waals surface area (Å²) in [6.07, 6.45) is 6.05. The molecule has 0 saturated carbocycles. The minimum Gasteiger partial charge on any atom is -0.336 e. The third-order valence-electron chi connectivity index (χ3n) is 5.75. The Morgan fingerprint density at radius 3 is 2.33 bits per heavy atom. The van der Waals surface area contributed by atoms with Crippen LogP contribution in [0.15, 0.2) is 54.7 Å². The lowest BCUT2D eigenvalue weighted by Crippen LogP contribution is -2.48. The SMILES string of the molecule is Cc1ccc(C)n1-c1c(C(=O)N2CCN(C/C=C/c3ccccc3)CC2)cnn1C. The molecule has 30 heavy (non-hydrogen) atoms. The van der Waals surface area contributed by atoms with E-state index in [1.807, 2.05) is 30.1 Å². The zero-order chi connectivity index (χ0) is 21.1. The molecule has 3 heterocycles. The predicted octanol–water partition coefficient (Wildman–Crippen LogP) is 3.30. The topological polar surface area (TPSA) is 46.3 Å². The molecule has 0 bridgehead atoms. The summed E-state index contributed by atoms with van der Waals surface area (Å²) >= 11 is 0. The molecule has 1 aliphatic rings. The van der Waals surface area contributed by atoms with Crippen molar-refractivity contribution in [3.8, 4) is 5.82 Å². The lowest BCUT2D eigenvalue weighted by atomic mass is 10.2. The van der Waals surface area contributed by atoms with Crippen molar-refractivity contribution >= 4 is 12.0 Å². The van der Waals surface area contributed by atoms with Gasteiger partial charge in [-0.1, -0.05) is 42.5 Å². The predicted molar refractivity (Wildman–Crippen MR) is 120 cm³/mol. The van der Waals surface area contributed by atoms with Gasteiger partial charge in [-0.15, -0.1) is 0 Å². The molecule has 156 valence electrons. The summed E-state index contributed by atoms with van der Waals surface area (Å²) in [5.74, 6) is 0.901. The monoisotopic (exact) mass is 403 g/mol. The quantitative estimate of drug-likeness (QED) is 0.657. The summed E-state index contributed by atoms with van der Waals surface area (Å²) in [4.78, 5) is 17.6. The number of aryl methyl sites for hydroxylation is 3. The summed E-state index contributed by atoms with van der Waals surface area (Å²) in [5.41, 5.74) is 4.07. The third-order valence-corrected chi connectivity index (χ3v) is 5.75. The zero-order valence-electron chi connectivity index (χ0n) is 18.0. The smallest absolute Gasteiger partial charge is 0.259 e. The van der Waals surface area contributed by atoms with E-state index >= 15 is 0 Å². The van der Waals surface area contributed by atoms with E-state index in [4.69, 9.17) is 0 Å². The van der Waals surface area contributed by atoms with Crippen LogP contribution in [0.2, 0.25) is 0 Å². The van der Waals surface area contributed by atoms with E-state index in [9.17, 15) is 4.79 Å². The van der Waals surface area contributed by atoms with Crippen LogP contribution >= 0.6 is 0 Å². The number of carbonyl (C=O) groups is 1. The van der Waals surface area contributed by atoms with E-state index in [2.05, 4.69) is 64.8 Å². The van der Waals surface area contributed by atoms with Crippen LogP contribution < -0.4 is 0 Å². The van der Waals surface area contributed by atoms with Crippen molar-refractivity contribution in [2.45, 2.75) is 13.8 Å². The molecule has 4 rings (SSSR count). The van der Waals surface area contributed by atoms with Crippen molar-refractivity contribution in [3.63, 3.8) is 0 Å². The number of nitrogens with zero attached hydrogens (tertiary/aromatic N) is 5. The maximum absolute atomic E-state index is 13.3. The van der Waals surface area contributed by atoms with Crippen LogP contribution in [0.1, 0.15) is 27.3 Å². The molecule has 2 aromatic heterocycles. The third kappa shape index (κ3) is 4.09. The fourth-order valence-electron chi connectivity index (χ4n) is 4.06. The van der Waals surface area contributed by atoms with Crippen molar-refractivity contribution < 1.29 is 4.79 Å². The normalized spacial score (nSPS) is 15.2. The summed E-state index contributed by atoms with van der Waals surface area (Å²) in [6, 6.07) is 14.5. The fourth-order valence-corrected chi connectivity index (χ4v) is 4.06. The molecule has 3 aromatic rings. The molecule has 6 heteroatoms. The Morgan fingerprint density at radius 2 is 1.67 bits per heavy atom. The first kappa shape index (κ1) is 20.2. The largest absolute Gasteiger partial charge is 0.336 e. The van der Waals surface area contributed by atoms with Crippen LogP contribution in [0.3, 0.4) is 0 Å². The molecule has 0 unspecified atom stereocenters. The maximum atomic E-state index is 13.3. The van der Waals surface area contributed by atoms with E-state index in [0.29, 0.717) is 5.56 Å². The van der Waals surface area contributed by atoms with Gasteiger partial charge in [0.2, 0.25) is 0 Å². The Kier molecular flexibility index (Phi) is 5.86. The van der Waals surface area contributed by atoms with Gasteiger partial charge >= 0.3 is 0 Å². The Bertz CT molecular complexity index is 1020. The van der Waals surface area contributed by atoms with Gasteiger partial charge in [0.1, 0.15) is 11.4 Å². The van der Waals surface area contributed by atoms with Crippen molar-refractivity contribution in [3.05, 3.63) is 77.3 Å². The molecule has 1 aliphatic heterocycles. The molecule has 0 aliphatic carbocycles. The highest BCUT2D eigenvalue weighted by Gasteiger charge is 2.26. The van der Waals surface area contributed by atoms with Crippen molar-refractivity contribution in [2.24, 2.45) is 7.05 Å². The molecule has 1 saturated heterocycles. The van der Waals surface area contributed by atoms with Crippen LogP contribution in [0, 0.1) is 13.8 Å². The Balaban J connectivity index is 1.40. The van der Waals surface area contributed by atoms with E-state index < -0.39 is 0 Å². The highest BCUT2D eigenvalue weighted by atomic mass is 16.2. The van der Waals surface area contributed by atoms with Gasteiger partial charge in [-0.05, 0) is 31.5 Å². The maximum Gasteiger partial charge on any atom is 0.259 e. The van der Waals surface area contributed by atoms with Crippen molar-refractivity contribution in [1.82, 2.24) is 24.1 Å². The molecule has 1 fully saturated rings. The number of hydrogen-bond donors (Lipinski definition) is 0. The average molecular weight is 404 g/mol. The summed E-state index contributed by atoms with van der Waals surface area (Å²) < 4.78 is 3.89. The number of piperazine rings is 1. The first-order valence-electron chi connectivity index (χ1n) is 10.4. The highest BCUT2D eigenvalue weighted by molar-refractivity contribution is 5.97. The van der Waals surface area contributed by atoms with Gasteiger partial charge in [-0.2, -0.15) is 5.10 Å². The molecule has 1 aromatic carbocycles. The molecule has 1 amide bonds. The summed E-state index contributed by atoms with van der Waals surface area (Å²) in [6.45, 7) is 8.22. The first-order chi connectivity index (χ1) is 14.5. The molecule has 0 atom stereocenters. The van der Waals surface area contributed by atoms with Crippen LogP contribution in [0.4, 0.5) is 0 Å². The lowest BCUT2D eigenvalue weighted by molar-refractivity contribution is 0.0650. The van der Waals surface area contributed by atoms with E-state index in [0.717, 1.165) is 49.9 Å². The molecular weight excluding hydrogens is 374 g/mol. The average Bonchev–Trinajstić information content (AvgIpc) is 3.29. The molecule has 0 spiro atoms. The molecule has 0 radical (unpaired) electrons. The van der Waals surface area contributed by atoms with Gasteiger partial charge in [0.15, 0.2) is 0 Å². The lowest BCUT2D eigenvalue weighted by Gasteiger charge is -2.34. The van der Waals surface area contributed by atoms with Crippen LogP contribution in [0.25, 0.3) is 11.9 Å². The van der Waals surface area contributed by atoms with E-state index in [1.165, 1.54) is 5.56 Å². The zero-order valence-corrected chi connectivity index (χ0v) is 18.0. The van der Waals surface area contributed by atoms with Crippen LogP contribution in [0.5, 0.6) is 0 Å². The Labute approximate surface area is 178 Å². The second-order valence-electron chi connectivity index (χ2n) is 7.86. The van der Waals surface area contributed by atoms with Gasteiger partial charge in [0, 0.05) is 51.2 Å². The van der Waals surface area contributed by atoms with Gasteiger partial charge in [0.25, 0.3) is 5.91 Å². The van der Waals surface area contributed by atoms with Crippen molar-refractivity contribution in [1.29, 1.82) is 0 Å². The summed E-state index contributed by atoms with van der Waals surface area (Å²) in [5, 5.41) is 4.38.